The quantitative estimate of drug-likeness (QED) is 0.132. The summed E-state index contributed by atoms with van der Waals surface area (Å²) >= 11 is 0. The minimum atomic E-state index is 0.698. The molecule has 0 fully saturated rings. The van der Waals surface area contributed by atoms with E-state index >= 15 is 0 Å². The van der Waals surface area contributed by atoms with Crippen molar-refractivity contribution >= 4 is 87.2 Å². The van der Waals surface area contributed by atoms with Crippen LogP contribution in [0.3, 0.4) is 0 Å². The second-order valence-electron chi connectivity index (χ2n) is 21.9. The lowest BCUT2D eigenvalue weighted by atomic mass is 9.92. The Bertz CT molecular complexity index is 5720. The number of hydrogen-bond acceptors (Lipinski definition) is 13. The standard InChI is InChI=1S/C40H24N6O.C37H21N5O/c1-2-9-27(10-3-1)39-30-19-20-34-40(46-47-45-34)38(30)37-29(11-8-14-33(37)44-39)26-17-15-25(16-18-26)28-23-35(31-12-4-6-21-41-31)43-36(24-28)32-13-5-7-22-42-32;1-3-8-22(9-4-1)28-19-16-24-14-15-25-17-20-29(39-36(25)35(24)38-28)26-12-7-13-30-32(26)33-27(18-21-31-37(33)42-43-41-31)34(40-30)23-10-5-2-6-11-23/h1-24H;1-21H. The molecule has 0 atom stereocenters. The first kappa shape index (κ1) is 51.8. The maximum absolute atomic E-state index is 5.26. The average Bonchev–Trinajstić information content (AvgIpc) is 1.20. The Morgan fingerprint density at radius 1 is 0.233 bits per heavy atom. The van der Waals surface area contributed by atoms with Crippen LogP contribution in [0.2, 0.25) is 0 Å². The van der Waals surface area contributed by atoms with E-state index in [4.69, 9.17) is 34.2 Å². The van der Waals surface area contributed by atoms with Crippen molar-refractivity contribution in [3.8, 4) is 90.1 Å². The molecule has 0 saturated heterocycles. The van der Waals surface area contributed by atoms with Crippen LogP contribution in [0.1, 0.15) is 0 Å². The molecule has 90 heavy (non-hydrogen) atoms. The van der Waals surface area contributed by atoms with E-state index in [2.05, 4.69) is 176 Å². The molecular formula is C77H45N11O2. The molecule has 0 aliphatic carbocycles. The van der Waals surface area contributed by atoms with Gasteiger partial charge in [-0.2, -0.15) is 0 Å². The van der Waals surface area contributed by atoms with Crippen LogP contribution in [0.5, 0.6) is 0 Å². The van der Waals surface area contributed by atoms with E-state index in [1.807, 2.05) is 115 Å². The molecular weight excluding hydrogens is 1110 g/mol. The van der Waals surface area contributed by atoms with Gasteiger partial charge in [0.15, 0.2) is 0 Å². The molecule has 420 valence electrons. The first-order valence-electron chi connectivity index (χ1n) is 29.4. The zero-order valence-electron chi connectivity index (χ0n) is 47.7. The van der Waals surface area contributed by atoms with Crippen LogP contribution in [-0.4, -0.2) is 55.5 Å². The second-order valence-corrected chi connectivity index (χ2v) is 21.9. The minimum absolute atomic E-state index is 0.698. The van der Waals surface area contributed by atoms with Gasteiger partial charge in [-0.05, 0) is 128 Å². The topological polar surface area (TPSA) is 168 Å². The van der Waals surface area contributed by atoms with Gasteiger partial charge in [-0.3, -0.25) is 9.97 Å². The zero-order chi connectivity index (χ0) is 59.5. The normalized spacial score (nSPS) is 11.6. The van der Waals surface area contributed by atoms with E-state index in [1.54, 1.807) is 12.4 Å². The molecule has 0 unspecified atom stereocenters. The summed E-state index contributed by atoms with van der Waals surface area (Å²) in [5, 5.41) is 25.0. The van der Waals surface area contributed by atoms with Crippen molar-refractivity contribution in [2.45, 2.75) is 0 Å². The summed E-state index contributed by atoms with van der Waals surface area (Å²) in [7, 11) is 0. The van der Waals surface area contributed by atoms with Crippen LogP contribution < -0.4 is 0 Å². The van der Waals surface area contributed by atoms with Gasteiger partial charge < -0.3 is 0 Å². The van der Waals surface area contributed by atoms with Crippen molar-refractivity contribution < 1.29 is 9.26 Å². The van der Waals surface area contributed by atoms with Gasteiger partial charge in [-0.1, -0.05) is 176 Å². The Balaban J connectivity index is 0.000000139. The molecule has 13 nitrogen and oxygen atoms in total. The van der Waals surface area contributed by atoms with E-state index in [-0.39, 0.29) is 0 Å². The molecule has 0 spiro atoms. The van der Waals surface area contributed by atoms with Crippen LogP contribution >= 0.6 is 0 Å². The Morgan fingerprint density at radius 2 is 0.700 bits per heavy atom. The molecule has 0 saturated carbocycles. The predicted molar refractivity (Wildman–Crippen MR) is 357 cm³/mol. The van der Waals surface area contributed by atoms with Gasteiger partial charge >= 0.3 is 0 Å². The van der Waals surface area contributed by atoms with Gasteiger partial charge in [0, 0.05) is 77.7 Å². The Morgan fingerprint density at radius 3 is 1.23 bits per heavy atom. The summed E-state index contributed by atoms with van der Waals surface area (Å²) in [4.78, 5) is 34.8. The molecule has 9 aromatic heterocycles. The molecule has 9 aromatic carbocycles. The van der Waals surface area contributed by atoms with E-state index < -0.39 is 0 Å². The molecule has 0 aliphatic heterocycles. The average molecular weight is 1160 g/mol. The monoisotopic (exact) mass is 1160 g/mol. The minimum Gasteiger partial charge on any atom is -0.255 e. The summed E-state index contributed by atoms with van der Waals surface area (Å²) in [6.45, 7) is 0. The van der Waals surface area contributed by atoms with E-state index in [1.165, 1.54) is 0 Å². The van der Waals surface area contributed by atoms with Gasteiger partial charge in [-0.15, -0.1) is 0 Å². The lowest BCUT2D eigenvalue weighted by Gasteiger charge is -2.14. The van der Waals surface area contributed by atoms with Crippen LogP contribution in [0.4, 0.5) is 0 Å². The number of benzene rings is 9. The molecule has 0 aliphatic rings. The number of rotatable bonds is 8. The van der Waals surface area contributed by atoms with Crippen molar-refractivity contribution in [1.82, 2.24) is 55.5 Å². The van der Waals surface area contributed by atoms with Crippen LogP contribution in [0.15, 0.2) is 283 Å². The molecule has 18 aromatic rings. The Labute approximate surface area is 512 Å². The molecule has 9 heterocycles. The van der Waals surface area contributed by atoms with Crippen LogP contribution in [0, 0.1) is 0 Å². The molecule has 0 bridgehead atoms. The number of pyridine rings is 7. The molecule has 0 amide bonds. The number of aromatic nitrogens is 11. The smallest absolute Gasteiger partial charge is 0.143 e. The lowest BCUT2D eigenvalue weighted by Crippen LogP contribution is -1.95. The summed E-state index contributed by atoms with van der Waals surface area (Å²) in [6, 6.07) is 88.2. The van der Waals surface area contributed by atoms with Crippen molar-refractivity contribution in [3.63, 3.8) is 0 Å². The SMILES string of the molecule is c1ccc(-c2ccc3ccc4ccc(-c5cccc6nc(-c7ccccc7)c7ccc8nonc8c7c56)nc4c3n2)cc1.c1ccc(-c2nc3cccc(-c4ccc(-c5cc(-c6ccccn6)nc(-c6ccccn6)c5)cc4)c3c3c2ccc2nonc23)cc1. The summed E-state index contributed by atoms with van der Waals surface area (Å²) < 4.78 is 10.4. The Kier molecular flexibility index (Phi) is 12.5. The van der Waals surface area contributed by atoms with E-state index in [0.29, 0.717) is 16.6 Å². The van der Waals surface area contributed by atoms with Gasteiger partial charge in [0.2, 0.25) is 0 Å². The summed E-state index contributed by atoms with van der Waals surface area (Å²) in [6.07, 6.45) is 3.57. The third-order valence-corrected chi connectivity index (χ3v) is 16.6. The van der Waals surface area contributed by atoms with Gasteiger partial charge in [0.1, 0.15) is 22.1 Å². The fourth-order valence-electron chi connectivity index (χ4n) is 12.4. The first-order valence-corrected chi connectivity index (χ1v) is 29.4. The lowest BCUT2D eigenvalue weighted by molar-refractivity contribution is 0.316. The molecule has 0 radical (unpaired) electrons. The number of nitrogens with zero attached hydrogens (tertiary/aromatic N) is 11. The predicted octanol–water partition coefficient (Wildman–Crippen LogP) is 18.5. The highest BCUT2D eigenvalue weighted by Crippen LogP contribution is 2.43. The molecule has 0 N–H and O–H groups in total. The van der Waals surface area contributed by atoms with Gasteiger partial charge in [-0.25, -0.2) is 34.2 Å². The first-order chi connectivity index (χ1) is 44.6. The van der Waals surface area contributed by atoms with Crippen molar-refractivity contribution in [2.24, 2.45) is 0 Å². The number of hydrogen-bond donors (Lipinski definition) is 0. The summed E-state index contributed by atoms with van der Waals surface area (Å²) in [5.41, 5.74) is 21.3. The third-order valence-electron chi connectivity index (χ3n) is 16.6. The zero-order valence-corrected chi connectivity index (χ0v) is 47.7. The highest BCUT2D eigenvalue weighted by Gasteiger charge is 2.22. The molecule has 13 heteroatoms. The highest BCUT2D eigenvalue weighted by atomic mass is 16.6. The Hall–Kier alpha value is -12.6. The second kappa shape index (κ2) is 21.7. The van der Waals surface area contributed by atoms with Crippen molar-refractivity contribution in [3.05, 3.63) is 273 Å². The van der Waals surface area contributed by atoms with Crippen LogP contribution in [-0.2, 0) is 0 Å². The largest absolute Gasteiger partial charge is 0.255 e. The highest BCUT2D eigenvalue weighted by molar-refractivity contribution is 6.25. The van der Waals surface area contributed by atoms with Crippen molar-refractivity contribution in [1.29, 1.82) is 0 Å². The third kappa shape index (κ3) is 9.08. The fourth-order valence-corrected chi connectivity index (χ4v) is 12.4. The number of fused-ring (bicyclic) bond motifs is 13. The maximum Gasteiger partial charge on any atom is 0.143 e. The van der Waals surface area contributed by atoms with Gasteiger partial charge in [0.05, 0.1) is 67.6 Å². The van der Waals surface area contributed by atoms with Crippen molar-refractivity contribution in [2.75, 3.05) is 0 Å². The molecule has 18 rings (SSSR count). The fraction of sp³-hybridized carbons (Fsp3) is 0. The van der Waals surface area contributed by atoms with E-state index in [9.17, 15) is 0 Å². The maximum atomic E-state index is 5.26. The van der Waals surface area contributed by atoms with Gasteiger partial charge in [0.25, 0.3) is 0 Å². The summed E-state index contributed by atoms with van der Waals surface area (Å²) in [5.74, 6) is 0. The van der Waals surface area contributed by atoms with Crippen LogP contribution in [0.25, 0.3) is 177 Å². The van der Waals surface area contributed by atoms with E-state index in [0.717, 1.165) is 161 Å².